The lowest BCUT2D eigenvalue weighted by atomic mass is 10.3. The van der Waals surface area contributed by atoms with Gasteiger partial charge in [-0.05, 0) is 30.3 Å². The molecular formula is C16H15N5O5S. The van der Waals surface area contributed by atoms with E-state index in [0.29, 0.717) is 22.7 Å². The third-order valence-corrected chi connectivity index (χ3v) is 4.55. The molecular weight excluding hydrogens is 374 g/mol. The van der Waals surface area contributed by atoms with Crippen LogP contribution in [-0.4, -0.2) is 40.5 Å². The number of nitrogens with one attached hydrogen (secondary N) is 2. The first-order valence-electron chi connectivity index (χ1n) is 7.70. The average molecular weight is 389 g/mol. The molecule has 27 heavy (non-hydrogen) atoms. The molecule has 3 rings (SSSR count). The van der Waals surface area contributed by atoms with E-state index >= 15 is 0 Å². The van der Waals surface area contributed by atoms with Crippen LogP contribution >= 0.6 is 0 Å². The minimum atomic E-state index is -4.31. The third-order valence-electron chi connectivity index (χ3n) is 3.68. The second-order valence-corrected chi connectivity index (χ2v) is 6.95. The van der Waals surface area contributed by atoms with Crippen molar-refractivity contribution in [2.75, 3.05) is 17.7 Å². The standard InChI is InChI=1S/C16H15N5O5S/c1-17-16-18-8-10-2-7-14(23)21(15(10)20-16)9-13(22)19-11-3-5-12(6-4-11)27(24,25)26/h2-8H,9H2,1H3,(H,19,22)(H,17,18,20)(H,24,25,26). The molecule has 3 N–H and O–H groups in total. The Labute approximate surface area is 153 Å². The summed E-state index contributed by atoms with van der Waals surface area (Å²) >= 11 is 0. The molecule has 0 bridgehead atoms. The molecule has 11 heteroatoms. The quantitative estimate of drug-likeness (QED) is 0.542. The highest BCUT2D eigenvalue weighted by molar-refractivity contribution is 7.85. The van der Waals surface area contributed by atoms with Crippen LogP contribution in [0.15, 0.2) is 52.3 Å². The minimum absolute atomic E-state index is 0.290. The first-order chi connectivity index (χ1) is 12.8. The van der Waals surface area contributed by atoms with Gasteiger partial charge in [-0.2, -0.15) is 13.4 Å². The molecule has 3 aromatic rings. The van der Waals surface area contributed by atoms with Gasteiger partial charge in [-0.3, -0.25) is 18.7 Å². The van der Waals surface area contributed by atoms with Gasteiger partial charge in [0.05, 0.1) is 4.90 Å². The molecule has 0 atom stereocenters. The number of carbonyl (C=O) groups excluding carboxylic acids is 1. The summed E-state index contributed by atoms with van der Waals surface area (Å²) in [5.41, 5.74) is 0.213. The Kier molecular flexibility index (Phi) is 4.88. The summed E-state index contributed by atoms with van der Waals surface area (Å²) in [5.74, 6) is -0.197. The second kappa shape index (κ2) is 7.13. The van der Waals surface area contributed by atoms with Crippen molar-refractivity contribution in [3.63, 3.8) is 0 Å². The highest BCUT2D eigenvalue weighted by Crippen LogP contribution is 2.14. The lowest BCUT2D eigenvalue weighted by Gasteiger charge is -2.10. The maximum atomic E-state index is 12.3. The van der Waals surface area contributed by atoms with Gasteiger partial charge in [0.15, 0.2) is 0 Å². The zero-order chi connectivity index (χ0) is 19.6. The van der Waals surface area contributed by atoms with Gasteiger partial charge in [-0.25, -0.2) is 4.98 Å². The number of aromatic nitrogens is 3. The van der Waals surface area contributed by atoms with E-state index < -0.39 is 21.6 Å². The summed E-state index contributed by atoms with van der Waals surface area (Å²) in [5, 5.41) is 5.92. The number of amides is 1. The smallest absolute Gasteiger partial charge is 0.294 e. The fraction of sp³-hybridized carbons (Fsp3) is 0.125. The van der Waals surface area contributed by atoms with E-state index in [1.165, 1.54) is 29.0 Å². The van der Waals surface area contributed by atoms with Crippen LogP contribution in [0.2, 0.25) is 0 Å². The normalized spacial score (nSPS) is 11.3. The largest absolute Gasteiger partial charge is 0.357 e. The van der Waals surface area contributed by atoms with E-state index in [9.17, 15) is 18.0 Å². The van der Waals surface area contributed by atoms with Gasteiger partial charge < -0.3 is 10.6 Å². The van der Waals surface area contributed by atoms with Gasteiger partial charge in [-0.15, -0.1) is 0 Å². The molecule has 2 aromatic heterocycles. The summed E-state index contributed by atoms with van der Waals surface area (Å²) in [4.78, 5) is 32.5. The number of anilines is 2. The predicted octanol–water partition coefficient (Wildman–Crippen LogP) is 0.719. The lowest BCUT2D eigenvalue weighted by Crippen LogP contribution is -2.28. The van der Waals surface area contributed by atoms with E-state index in [1.807, 2.05) is 0 Å². The summed E-state index contributed by atoms with van der Waals surface area (Å²) in [6, 6.07) is 7.85. The zero-order valence-corrected chi connectivity index (χ0v) is 14.9. The Hall–Kier alpha value is -3.31. The fourth-order valence-electron chi connectivity index (χ4n) is 2.40. The Morgan fingerprint density at radius 1 is 1.19 bits per heavy atom. The Morgan fingerprint density at radius 2 is 1.89 bits per heavy atom. The molecule has 0 saturated carbocycles. The molecule has 1 amide bonds. The van der Waals surface area contributed by atoms with Crippen LogP contribution in [0.1, 0.15) is 0 Å². The minimum Gasteiger partial charge on any atom is -0.357 e. The van der Waals surface area contributed by atoms with Gasteiger partial charge in [0.1, 0.15) is 12.2 Å². The maximum Gasteiger partial charge on any atom is 0.294 e. The van der Waals surface area contributed by atoms with Crippen LogP contribution < -0.4 is 16.2 Å². The van der Waals surface area contributed by atoms with Crippen molar-refractivity contribution >= 4 is 38.7 Å². The molecule has 0 radical (unpaired) electrons. The topological polar surface area (TPSA) is 143 Å². The highest BCUT2D eigenvalue weighted by Gasteiger charge is 2.12. The number of hydrogen-bond acceptors (Lipinski definition) is 7. The van der Waals surface area contributed by atoms with Crippen LogP contribution in [-0.2, 0) is 21.5 Å². The van der Waals surface area contributed by atoms with E-state index in [2.05, 4.69) is 20.6 Å². The molecule has 140 valence electrons. The average Bonchev–Trinajstić information content (AvgIpc) is 2.63. The molecule has 0 unspecified atom stereocenters. The van der Waals surface area contributed by atoms with Gasteiger partial charge >= 0.3 is 0 Å². The second-order valence-electron chi connectivity index (χ2n) is 5.53. The van der Waals surface area contributed by atoms with Crippen molar-refractivity contribution in [2.24, 2.45) is 0 Å². The Balaban J connectivity index is 1.86. The lowest BCUT2D eigenvalue weighted by molar-refractivity contribution is -0.116. The van der Waals surface area contributed by atoms with Crippen LogP contribution in [0.3, 0.4) is 0 Å². The van der Waals surface area contributed by atoms with Crippen LogP contribution in [0.25, 0.3) is 11.0 Å². The van der Waals surface area contributed by atoms with Crippen molar-refractivity contribution in [3.05, 3.63) is 52.9 Å². The SMILES string of the molecule is CNc1ncc2ccc(=O)n(CC(=O)Nc3ccc(S(=O)(=O)O)cc3)c2n1. The number of fused-ring (bicyclic) bond motifs is 1. The summed E-state index contributed by atoms with van der Waals surface area (Å²) in [7, 11) is -2.68. The number of pyridine rings is 1. The number of benzene rings is 1. The summed E-state index contributed by atoms with van der Waals surface area (Å²) in [6.07, 6.45) is 1.54. The number of nitrogens with zero attached hydrogens (tertiary/aromatic N) is 3. The Morgan fingerprint density at radius 3 is 2.52 bits per heavy atom. The molecule has 10 nitrogen and oxygen atoms in total. The molecule has 0 aliphatic carbocycles. The predicted molar refractivity (Wildman–Crippen MR) is 98.2 cm³/mol. The molecule has 0 spiro atoms. The van der Waals surface area contributed by atoms with Crippen LogP contribution in [0, 0.1) is 0 Å². The zero-order valence-electron chi connectivity index (χ0n) is 14.1. The maximum absolute atomic E-state index is 12.3. The number of hydrogen-bond donors (Lipinski definition) is 3. The summed E-state index contributed by atoms with van der Waals surface area (Å²) in [6.45, 7) is -0.295. The van der Waals surface area contributed by atoms with Gasteiger partial charge in [0, 0.05) is 30.4 Å². The first-order valence-corrected chi connectivity index (χ1v) is 9.14. The molecule has 0 aliphatic rings. The van der Waals surface area contributed by atoms with Crippen LogP contribution in [0.4, 0.5) is 11.6 Å². The van der Waals surface area contributed by atoms with Crippen molar-refractivity contribution in [1.82, 2.24) is 14.5 Å². The molecule has 2 heterocycles. The number of carbonyl (C=O) groups is 1. The van der Waals surface area contributed by atoms with Crippen LogP contribution in [0.5, 0.6) is 0 Å². The van der Waals surface area contributed by atoms with Gasteiger partial charge in [0.25, 0.3) is 15.7 Å². The Bertz CT molecular complexity index is 1170. The van der Waals surface area contributed by atoms with Gasteiger partial charge in [-0.1, -0.05) is 0 Å². The molecule has 0 saturated heterocycles. The molecule has 0 fully saturated rings. The monoisotopic (exact) mass is 389 g/mol. The van der Waals surface area contributed by atoms with E-state index in [-0.39, 0.29) is 11.4 Å². The highest BCUT2D eigenvalue weighted by atomic mass is 32.2. The van der Waals surface area contributed by atoms with E-state index in [4.69, 9.17) is 4.55 Å². The first kappa shape index (κ1) is 18.5. The van der Waals surface area contributed by atoms with Crippen molar-refractivity contribution in [2.45, 2.75) is 11.4 Å². The number of rotatable bonds is 5. The van der Waals surface area contributed by atoms with Crippen molar-refractivity contribution < 1.29 is 17.8 Å². The van der Waals surface area contributed by atoms with Crippen molar-refractivity contribution in [3.8, 4) is 0 Å². The van der Waals surface area contributed by atoms with Gasteiger partial charge in [0.2, 0.25) is 11.9 Å². The third kappa shape index (κ3) is 4.10. The molecule has 0 aliphatic heterocycles. The van der Waals surface area contributed by atoms with E-state index in [1.54, 1.807) is 13.1 Å². The summed E-state index contributed by atoms with van der Waals surface area (Å²) < 4.78 is 32.2. The fourth-order valence-corrected chi connectivity index (χ4v) is 2.88. The van der Waals surface area contributed by atoms with E-state index in [0.717, 1.165) is 12.1 Å². The molecule has 1 aromatic carbocycles. The van der Waals surface area contributed by atoms with Crippen molar-refractivity contribution in [1.29, 1.82) is 0 Å².